The number of para-hydroxylation sites is 1. The van der Waals surface area contributed by atoms with E-state index < -0.39 is 0 Å². The van der Waals surface area contributed by atoms with Gasteiger partial charge >= 0.3 is 0 Å². The second kappa shape index (κ2) is 8.63. The van der Waals surface area contributed by atoms with Gasteiger partial charge in [-0.2, -0.15) is 5.10 Å². The lowest BCUT2D eigenvalue weighted by Crippen LogP contribution is -2.40. The predicted molar refractivity (Wildman–Crippen MR) is 128 cm³/mol. The van der Waals surface area contributed by atoms with Crippen LogP contribution in [0.3, 0.4) is 0 Å². The summed E-state index contributed by atoms with van der Waals surface area (Å²) in [5.41, 5.74) is 6.49. The summed E-state index contributed by atoms with van der Waals surface area (Å²) in [6, 6.07) is 18.5. The number of hydrogen-bond acceptors (Lipinski definition) is 3. The standard InChI is InChI=1S/C26H29N5O/c1-18-22(15-27-30(18)2)17-31-12-6-9-21(16-31)26(32)28-23-10-5-8-19(13-23)25-14-20-7-3-4-11-24(20)29-25/h3-5,7-8,10-11,13-15,21,29H,6,9,12,16-17H2,1-2H3,(H,28,32)/t21-/m0/s1. The van der Waals surface area contributed by atoms with E-state index in [4.69, 9.17) is 0 Å². The molecule has 2 aromatic carbocycles. The first-order valence-electron chi connectivity index (χ1n) is 11.3. The van der Waals surface area contributed by atoms with Crippen molar-refractivity contribution >= 4 is 22.5 Å². The molecule has 1 atom stereocenters. The molecule has 6 nitrogen and oxygen atoms in total. The number of likely N-dealkylation sites (tertiary alicyclic amines) is 1. The van der Waals surface area contributed by atoms with E-state index in [1.54, 1.807) is 0 Å². The third kappa shape index (κ3) is 4.18. The SMILES string of the molecule is Cc1c(CN2CCC[C@H](C(=O)Nc3cccc(-c4cc5ccccc5[nH]4)c3)C2)cnn1C. The van der Waals surface area contributed by atoms with Gasteiger partial charge in [-0.05, 0) is 50.6 Å². The molecule has 1 saturated heterocycles. The smallest absolute Gasteiger partial charge is 0.228 e. The van der Waals surface area contributed by atoms with Crippen molar-refractivity contribution in [3.8, 4) is 11.3 Å². The van der Waals surface area contributed by atoms with Gasteiger partial charge in [-0.15, -0.1) is 0 Å². The summed E-state index contributed by atoms with van der Waals surface area (Å²) >= 11 is 0. The number of aryl methyl sites for hydroxylation is 1. The van der Waals surface area contributed by atoms with Crippen LogP contribution in [0.4, 0.5) is 5.69 Å². The summed E-state index contributed by atoms with van der Waals surface area (Å²) < 4.78 is 1.91. The van der Waals surface area contributed by atoms with Crippen LogP contribution >= 0.6 is 0 Å². The molecule has 1 aliphatic heterocycles. The van der Waals surface area contributed by atoms with E-state index in [2.05, 4.69) is 51.5 Å². The van der Waals surface area contributed by atoms with E-state index in [0.717, 1.165) is 54.9 Å². The lowest BCUT2D eigenvalue weighted by Gasteiger charge is -2.31. The predicted octanol–water partition coefficient (Wildman–Crippen LogP) is 4.73. The molecule has 5 rings (SSSR count). The molecular formula is C26H29N5O. The van der Waals surface area contributed by atoms with Crippen LogP contribution in [0.1, 0.15) is 24.1 Å². The zero-order valence-corrected chi connectivity index (χ0v) is 18.6. The molecule has 0 saturated carbocycles. The van der Waals surface area contributed by atoms with Crippen molar-refractivity contribution in [3.05, 3.63) is 72.1 Å². The number of rotatable bonds is 5. The molecule has 3 heterocycles. The molecule has 0 aliphatic carbocycles. The van der Waals surface area contributed by atoms with E-state index in [1.807, 2.05) is 48.3 Å². The molecule has 1 fully saturated rings. The van der Waals surface area contributed by atoms with Gasteiger partial charge in [0.2, 0.25) is 5.91 Å². The number of nitrogens with one attached hydrogen (secondary N) is 2. The summed E-state index contributed by atoms with van der Waals surface area (Å²) in [5, 5.41) is 8.69. The number of amides is 1. The van der Waals surface area contributed by atoms with Crippen molar-refractivity contribution in [3.63, 3.8) is 0 Å². The number of hydrogen-bond donors (Lipinski definition) is 2. The van der Waals surface area contributed by atoms with Gasteiger partial charge in [0.1, 0.15) is 0 Å². The maximum Gasteiger partial charge on any atom is 0.228 e. The van der Waals surface area contributed by atoms with Gasteiger partial charge in [0.15, 0.2) is 0 Å². The number of carbonyl (C=O) groups is 1. The first-order valence-corrected chi connectivity index (χ1v) is 11.3. The second-order valence-corrected chi connectivity index (χ2v) is 8.79. The fourth-order valence-electron chi connectivity index (χ4n) is 4.59. The number of aromatic amines is 1. The van der Waals surface area contributed by atoms with Gasteiger partial charge < -0.3 is 10.3 Å². The second-order valence-electron chi connectivity index (χ2n) is 8.79. The largest absolute Gasteiger partial charge is 0.355 e. The highest BCUT2D eigenvalue weighted by Gasteiger charge is 2.26. The molecule has 4 aromatic rings. The fraction of sp³-hybridized carbons (Fsp3) is 0.308. The van der Waals surface area contributed by atoms with Gasteiger partial charge in [0.05, 0.1) is 12.1 Å². The van der Waals surface area contributed by atoms with E-state index in [1.165, 1.54) is 16.6 Å². The molecule has 32 heavy (non-hydrogen) atoms. The monoisotopic (exact) mass is 427 g/mol. The van der Waals surface area contributed by atoms with E-state index >= 15 is 0 Å². The Balaban J connectivity index is 1.26. The van der Waals surface area contributed by atoms with Crippen molar-refractivity contribution in [2.24, 2.45) is 13.0 Å². The highest BCUT2D eigenvalue weighted by molar-refractivity contribution is 5.94. The van der Waals surface area contributed by atoms with Crippen molar-refractivity contribution in [2.45, 2.75) is 26.3 Å². The number of fused-ring (bicyclic) bond motifs is 1. The minimum absolute atomic E-state index is 0.00235. The Morgan fingerprint density at radius 2 is 2.06 bits per heavy atom. The zero-order chi connectivity index (χ0) is 22.1. The van der Waals surface area contributed by atoms with Gasteiger partial charge in [0.25, 0.3) is 0 Å². The zero-order valence-electron chi connectivity index (χ0n) is 18.6. The quantitative estimate of drug-likeness (QED) is 0.484. The third-order valence-corrected chi connectivity index (χ3v) is 6.58. The lowest BCUT2D eigenvalue weighted by atomic mass is 9.96. The molecule has 1 aliphatic rings. The van der Waals surface area contributed by atoms with Crippen LogP contribution in [0.5, 0.6) is 0 Å². The van der Waals surface area contributed by atoms with Crippen molar-refractivity contribution in [2.75, 3.05) is 18.4 Å². The highest BCUT2D eigenvalue weighted by Crippen LogP contribution is 2.27. The number of nitrogens with zero attached hydrogens (tertiary/aromatic N) is 3. The number of H-pyrrole nitrogens is 1. The summed E-state index contributed by atoms with van der Waals surface area (Å²) in [5.74, 6) is 0.101. The van der Waals surface area contributed by atoms with Crippen LogP contribution in [0.15, 0.2) is 60.8 Å². The van der Waals surface area contributed by atoms with Crippen molar-refractivity contribution < 1.29 is 4.79 Å². The highest BCUT2D eigenvalue weighted by atomic mass is 16.1. The molecule has 0 bridgehead atoms. The molecule has 0 unspecified atom stereocenters. The van der Waals surface area contributed by atoms with Crippen LogP contribution < -0.4 is 5.32 Å². The first kappa shape index (κ1) is 20.5. The number of anilines is 1. The Bertz CT molecular complexity index is 1220. The number of carbonyl (C=O) groups excluding carboxylic acids is 1. The maximum absolute atomic E-state index is 13.1. The molecular weight excluding hydrogens is 398 g/mol. The maximum atomic E-state index is 13.1. The van der Waals surface area contributed by atoms with Gasteiger partial charge in [-0.1, -0.05) is 30.3 Å². The average molecular weight is 428 g/mol. The Labute approximate surface area is 188 Å². The molecule has 2 N–H and O–H groups in total. The molecule has 6 heteroatoms. The van der Waals surface area contributed by atoms with Crippen LogP contribution in [-0.4, -0.2) is 38.7 Å². The molecule has 0 spiro atoms. The molecule has 164 valence electrons. The van der Waals surface area contributed by atoms with Gasteiger partial charge in [-0.25, -0.2) is 0 Å². The lowest BCUT2D eigenvalue weighted by molar-refractivity contribution is -0.121. The van der Waals surface area contributed by atoms with Gasteiger partial charge in [-0.3, -0.25) is 14.4 Å². The summed E-state index contributed by atoms with van der Waals surface area (Å²) in [7, 11) is 1.97. The van der Waals surface area contributed by atoms with Crippen LogP contribution in [0.25, 0.3) is 22.2 Å². The molecule has 0 radical (unpaired) electrons. The summed E-state index contributed by atoms with van der Waals surface area (Å²) in [6.07, 6.45) is 3.90. The first-order chi connectivity index (χ1) is 15.6. The minimum Gasteiger partial charge on any atom is -0.355 e. The Morgan fingerprint density at radius 3 is 2.88 bits per heavy atom. The van der Waals surface area contributed by atoms with Crippen LogP contribution in [0.2, 0.25) is 0 Å². The average Bonchev–Trinajstić information content (AvgIpc) is 3.38. The van der Waals surface area contributed by atoms with Crippen molar-refractivity contribution in [1.29, 1.82) is 0 Å². The third-order valence-electron chi connectivity index (χ3n) is 6.58. The minimum atomic E-state index is -0.00235. The number of benzene rings is 2. The number of piperidine rings is 1. The van der Waals surface area contributed by atoms with Gasteiger partial charge in [0, 0.05) is 59.2 Å². The van der Waals surface area contributed by atoms with E-state index in [9.17, 15) is 4.79 Å². The van der Waals surface area contributed by atoms with Crippen molar-refractivity contribution in [1.82, 2.24) is 19.7 Å². The number of aromatic nitrogens is 3. The normalized spacial score (nSPS) is 17.0. The Morgan fingerprint density at radius 1 is 1.19 bits per heavy atom. The Hall–Kier alpha value is -3.38. The molecule has 1 amide bonds. The van der Waals surface area contributed by atoms with E-state index in [0.29, 0.717) is 0 Å². The van der Waals surface area contributed by atoms with Crippen LogP contribution in [0, 0.1) is 12.8 Å². The fourth-order valence-corrected chi connectivity index (χ4v) is 4.59. The Kier molecular flexibility index (Phi) is 5.53. The van der Waals surface area contributed by atoms with Crippen LogP contribution in [-0.2, 0) is 18.4 Å². The summed E-state index contributed by atoms with van der Waals surface area (Å²) in [4.78, 5) is 18.9. The van der Waals surface area contributed by atoms with E-state index in [-0.39, 0.29) is 11.8 Å². The molecule has 2 aromatic heterocycles. The summed E-state index contributed by atoms with van der Waals surface area (Å²) in [6.45, 7) is 4.74. The topological polar surface area (TPSA) is 66.0 Å².